The summed E-state index contributed by atoms with van der Waals surface area (Å²) in [5.74, 6) is -1.49. The predicted octanol–water partition coefficient (Wildman–Crippen LogP) is 1.34. The van der Waals surface area contributed by atoms with Crippen LogP contribution in [0.2, 0.25) is 0 Å². The summed E-state index contributed by atoms with van der Waals surface area (Å²) in [6.45, 7) is 0. The van der Waals surface area contributed by atoms with Crippen LogP contribution < -0.4 is 0 Å². The zero-order chi connectivity index (χ0) is 13.3. The molecule has 0 aliphatic heterocycles. The van der Waals surface area contributed by atoms with Gasteiger partial charge in [0.1, 0.15) is 0 Å². The molecule has 0 aliphatic rings. The van der Waals surface area contributed by atoms with Crippen LogP contribution in [-0.2, 0) is 15.8 Å². The number of hydrogen-bond donors (Lipinski definition) is 4. The number of aliphatic carboxylic acids is 1. The third-order valence-electron chi connectivity index (χ3n) is 2.78. The lowest BCUT2D eigenvalue weighted by molar-refractivity contribution is -0.136. The quantitative estimate of drug-likeness (QED) is 0.626. The van der Waals surface area contributed by atoms with E-state index in [4.69, 9.17) is 14.9 Å². The van der Waals surface area contributed by atoms with Crippen LogP contribution in [0.15, 0.2) is 30.5 Å². The first-order valence-corrected chi connectivity index (χ1v) is 6.91. The fraction of sp³-hybridized carbons (Fsp3) is 0.182. The van der Waals surface area contributed by atoms with E-state index in [9.17, 15) is 9.36 Å². The van der Waals surface area contributed by atoms with Crippen molar-refractivity contribution in [3.8, 4) is 0 Å². The van der Waals surface area contributed by atoms with E-state index in [-0.39, 0.29) is 6.42 Å². The van der Waals surface area contributed by atoms with Crippen LogP contribution in [0.3, 0.4) is 0 Å². The average molecular weight is 269 g/mol. The molecule has 0 saturated carbocycles. The van der Waals surface area contributed by atoms with E-state index in [2.05, 4.69) is 4.98 Å². The highest BCUT2D eigenvalue weighted by molar-refractivity contribution is 7.53. The largest absolute Gasteiger partial charge is 0.481 e. The van der Waals surface area contributed by atoms with Crippen molar-refractivity contribution in [3.63, 3.8) is 0 Å². The van der Waals surface area contributed by atoms with E-state index in [1.54, 1.807) is 18.3 Å². The van der Waals surface area contributed by atoms with Crippen molar-refractivity contribution in [2.24, 2.45) is 0 Å². The smallest absolute Gasteiger partial charge is 0.340 e. The van der Waals surface area contributed by atoms with E-state index in [0.717, 1.165) is 10.9 Å². The summed E-state index contributed by atoms with van der Waals surface area (Å²) in [5, 5.41) is 9.65. The van der Waals surface area contributed by atoms with E-state index < -0.39 is 19.2 Å². The second-order valence-electron chi connectivity index (χ2n) is 4.01. The molecule has 1 heterocycles. The van der Waals surface area contributed by atoms with E-state index in [1.165, 1.54) is 0 Å². The molecule has 4 N–H and O–H groups in total. The van der Waals surface area contributed by atoms with E-state index in [0.29, 0.717) is 5.56 Å². The molecule has 1 aromatic carbocycles. The molecule has 2 aromatic rings. The minimum Gasteiger partial charge on any atom is -0.481 e. The van der Waals surface area contributed by atoms with E-state index >= 15 is 0 Å². The first kappa shape index (κ1) is 12.8. The van der Waals surface area contributed by atoms with Crippen LogP contribution >= 0.6 is 7.60 Å². The average Bonchev–Trinajstić information content (AvgIpc) is 2.67. The summed E-state index contributed by atoms with van der Waals surface area (Å²) in [5.41, 5.74) is -0.319. The van der Waals surface area contributed by atoms with Crippen LogP contribution in [0.1, 0.15) is 5.56 Å². The molecule has 1 unspecified atom stereocenters. The molecule has 7 heteroatoms. The highest BCUT2D eigenvalue weighted by Crippen LogP contribution is 2.43. The molecule has 0 amide bonds. The molecule has 96 valence electrons. The first-order valence-electron chi connectivity index (χ1n) is 5.22. The van der Waals surface area contributed by atoms with Gasteiger partial charge in [-0.1, -0.05) is 18.2 Å². The van der Waals surface area contributed by atoms with Crippen molar-refractivity contribution >= 4 is 24.5 Å². The van der Waals surface area contributed by atoms with Crippen molar-refractivity contribution in [1.82, 2.24) is 4.98 Å². The van der Waals surface area contributed by atoms with Gasteiger partial charge in [0.15, 0.2) is 5.66 Å². The third kappa shape index (κ3) is 2.46. The number of carboxylic acids is 1. The molecule has 6 nitrogen and oxygen atoms in total. The highest BCUT2D eigenvalue weighted by Gasteiger charge is 2.36. The van der Waals surface area contributed by atoms with Gasteiger partial charge in [-0.15, -0.1) is 0 Å². The van der Waals surface area contributed by atoms with Gasteiger partial charge in [0.05, 0.1) is 0 Å². The Kier molecular flexibility index (Phi) is 3.26. The molecule has 0 radical (unpaired) electrons. The van der Waals surface area contributed by atoms with E-state index in [1.807, 2.05) is 12.1 Å². The second-order valence-corrected chi connectivity index (χ2v) is 5.81. The number of aromatic nitrogens is 1. The number of rotatable bonds is 4. The number of hydrogen-bond acceptors (Lipinski definition) is 2. The van der Waals surface area contributed by atoms with Crippen LogP contribution in [0.4, 0.5) is 0 Å². The molecular formula is C11H12NO5P. The van der Waals surface area contributed by atoms with Gasteiger partial charge in [-0.25, -0.2) is 0 Å². The number of H-pyrrole nitrogens is 1. The zero-order valence-electron chi connectivity index (χ0n) is 9.28. The Bertz CT molecular complexity index is 629. The summed E-state index contributed by atoms with van der Waals surface area (Å²) < 4.78 is 11.1. The van der Waals surface area contributed by atoms with Crippen molar-refractivity contribution in [1.29, 1.82) is 0 Å². The van der Waals surface area contributed by atoms with Crippen molar-refractivity contribution < 1.29 is 24.3 Å². The van der Waals surface area contributed by atoms with Crippen LogP contribution in [0.25, 0.3) is 10.9 Å². The molecule has 1 aromatic heterocycles. The SMILES string of the molecule is O=C(O)C(Cc1c[nH]c2ccccc12)P(=O)(O)O. The maximum atomic E-state index is 11.1. The molecule has 0 saturated heterocycles. The zero-order valence-corrected chi connectivity index (χ0v) is 10.2. The number of para-hydroxylation sites is 1. The maximum Gasteiger partial charge on any atom is 0.340 e. The Balaban J connectivity index is 2.38. The second kappa shape index (κ2) is 4.57. The van der Waals surface area contributed by atoms with Gasteiger partial charge in [-0.3, -0.25) is 9.36 Å². The lowest BCUT2D eigenvalue weighted by atomic mass is 10.1. The third-order valence-corrected chi connectivity index (χ3v) is 3.99. The van der Waals surface area contributed by atoms with Gasteiger partial charge in [-0.05, 0) is 18.1 Å². The molecule has 0 bridgehead atoms. The Labute approximate surface area is 102 Å². The molecular weight excluding hydrogens is 257 g/mol. The van der Waals surface area contributed by atoms with Crippen LogP contribution in [0, 0.1) is 0 Å². The Morgan fingerprint density at radius 2 is 2.00 bits per heavy atom. The molecule has 0 spiro atoms. The summed E-state index contributed by atoms with van der Waals surface area (Å²) in [7, 11) is -4.66. The molecule has 2 rings (SSSR count). The Hall–Kier alpha value is -1.62. The minimum absolute atomic E-state index is 0.205. The predicted molar refractivity (Wildman–Crippen MR) is 65.5 cm³/mol. The Morgan fingerprint density at radius 1 is 1.33 bits per heavy atom. The van der Waals surface area contributed by atoms with Crippen molar-refractivity contribution in [2.45, 2.75) is 12.1 Å². The van der Waals surface area contributed by atoms with Gasteiger partial charge in [0.2, 0.25) is 0 Å². The van der Waals surface area contributed by atoms with Crippen LogP contribution in [-0.4, -0.2) is 31.5 Å². The maximum absolute atomic E-state index is 11.1. The molecule has 18 heavy (non-hydrogen) atoms. The molecule has 0 fully saturated rings. The lowest BCUT2D eigenvalue weighted by Gasteiger charge is -2.13. The minimum atomic E-state index is -4.66. The summed E-state index contributed by atoms with van der Waals surface area (Å²) >= 11 is 0. The van der Waals surface area contributed by atoms with Crippen molar-refractivity contribution in [2.75, 3.05) is 0 Å². The van der Waals surface area contributed by atoms with Gasteiger partial charge in [0, 0.05) is 17.1 Å². The first-order chi connectivity index (χ1) is 8.39. The standard InChI is InChI=1S/C11H12NO5P/c13-11(14)10(18(15,16)17)5-7-6-12-9-4-2-1-3-8(7)9/h1-4,6,10,12H,5H2,(H,13,14)(H2,15,16,17). The molecule has 0 aliphatic carbocycles. The van der Waals surface area contributed by atoms with Crippen LogP contribution in [0.5, 0.6) is 0 Å². The number of nitrogens with one attached hydrogen (secondary N) is 1. The highest BCUT2D eigenvalue weighted by atomic mass is 31.2. The molecule has 1 atom stereocenters. The monoisotopic (exact) mass is 269 g/mol. The number of aromatic amines is 1. The van der Waals surface area contributed by atoms with Crippen molar-refractivity contribution in [3.05, 3.63) is 36.0 Å². The Morgan fingerprint density at radius 3 is 2.61 bits per heavy atom. The topological polar surface area (TPSA) is 111 Å². The summed E-state index contributed by atoms with van der Waals surface area (Å²) in [4.78, 5) is 31.9. The van der Waals surface area contributed by atoms with Gasteiger partial charge in [-0.2, -0.15) is 0 Å². The fourth-order valence-electron chi connectivity index (χ4n) is 1.86. The number of fused-ring (bicyclic) bond motifs is 1. The summed E-state index contributed by atoms with van der Waals surface area (Å²) in [6, 6.07) is 7.19. The fourth-order valence-corrected chi connectivity index (χ4v) is 2.58. The van der Waals surface area contributed by atoms with Gasteiger partial charge >= 0.3 is 13.6 Å². The van der Waals surface area contributed by atoms with Gasteiger partial charge in [0.25, 0.3) is 0 Å². The number of carboxylic acid groups (broad SMARTS) is 1. The number of benzene rings is 1. The normalized spacial score (nSPS) is 13.7. The number of carbonyl (C=O) groups is 1. The lowest BCUT2D eigenvalue weighted by Crippen LogP contribution is -2.22. The van der Waals surface area contributed by atoms with Gasteiger partial charge < -0.3 is 19.9 Å². The summed E-state index contributed by atoms with van der Waals surface area (Å²) in [6.07, 6.45) is 1.37.